The molecule has 1 saturated heterocycles. The number of hydrogen-bond acceptors (Lipinski definition) is 4. The summed E-state index contributed by atoms with van der Waals surface area (Å²) in [4.78, 5) is 12.3. The molecular formula is C13H27ClN4O3S. The predicted molar refractivity (Wildman–Crippen MR) is 87.6 cm³/mol. The molecule has 2 rings (SSSR count). The first-order valence-electron chi connectivity index (χ1n) is 7.70. The highest BCUT2D eigenvalue weighted by Gasteiger charge is 2.32. The summed E-state index contributed by atoms with van der Waals surface area (Å²) in [6.45, 7) is 1.25. The largest absolute Gasteiger partial charge is 0.353 e. The first-order valence-corrected chi connectivity index (χ1v) is 9.20. The van der Waals surface area contributed by atoms with E-state index in [2.05, 4.69) is 5.32 Å². The van der Waals surface area contributed by atoms with E-state index in [9.17, 15) is 13.2 Å². The van der Waals surface area contributed by atoms with Crippen LogP contribution in [0.5, 0.6) is 0 Å². The van der Waals surface area contributed by atoms with Crippen molar-refractivity contribution in [3.8, 4) is 0 Å². The van der Waals surface area contributed by atoms with Gasteiger partial charge in [-0.15, -0.1) is 12.4 Å². The third-order valence-corrected chi connectivity index (χ3v) is 5.81. The van der Waals surface area contributed by atoms with E-state index in [-0.39, 0.29) is 30.3 Å². The predicted octanol–water partition coefficient (Wildman–Crippen LogP) is -0.0426. The van der Waals surface area contributed by atoms with Crippen molar-refractivity contribution in [3.63, 3.8) is 0 Å². The van der Waals surface area contributed by atoms with Gasteiger partial charge in [0.2, 0.25) is 5.91 Å². The fourth-order valence-electron chi connectivity index (χ4n) is 3.35. The third-order valence-electron chi connectivity index (χ3n) is 4.72. The van der Waals surface area contributed by atoms with Crippen molar-refractivity contribution in [2.24, 2.45) is 22.7 Å². The van der Waals surface area contributed by atoms with Crippen LogP contribution in [-0.2, 0) is 15.0 Å². The fraction of sp³-hybridized carbons (Fsp3) is 0.923. The van der Waals surface area contributed by atoms with E-state index in [0.29, 0.717) is 38.4 Å². The molecule has 9 heteroatoms. The maximum absolute atomic E-state index is 12.3. The van der Waals surface area contributed by atoms with Crippen LogP contribution < -0.4 is 16.2 Å². The van der Waals surface area contributed by atoms with Crippen LogP contribution in [0.4, 0.5) is 0 Å². The number of nitrogens with two attached hydrogens (primary N) is 2. The zero-order valence-electron chi connectivity index (χ0n) is 12.7. The molecular weight excluding hydrogens is 328 g/mol. The van der Waals surface area contributed by atoms with Crippen LogP contribution in [0.25, 0.3) is 0 Å². The van der Waals surface area contributed by atoms with E-state index < -0.39 is 10.2 Å². The van der Waals surface area contributed by atoms with Crippen molar-refractivity contribution in [2.75, 3.05) is 19.6 Å². The molecule has 2 aliphatic rings. The normalized spacial score (nSPS) is 27.9. The van der Waals surface area contributed by atoms with Crippen LogP contribution in [0, 0.1) is 11.8 Å². The Bertz CT molecular complexity index is 466. The number of hydrogen-bond donors (Lipinski definition) is 3. The molecule has 5 N–H and O–H groups in total. The average molecular weight is 355 g/mol. The molecule has 22 heavy (non-hydrogen) atoms. The third kappa shape index (κ3) is 5.06. The molecule has 0 radical (unpaired) electrons. The van der Waals surface area contributed by atoms with E-state index in [1.807, 2.05) is 0 Å². The Balaban J connectivity index is 0.00000242. The Morgan fingerprint density at radius 1 is 1.14 bits per heavy atom. The molecule has 1 saturated carbocycles. The maximum Gasteiger partial charge on any atom is 0.276 e. The lowest BCUT2D eigenvalue weighted by Gasteiger charge is -2.34. The molecule has 2 fully saturated rings. The lowest BCUT2D eigenvalue weighted by atomic mass is 9.84. The Morgan fingerprint density at radius 2 is 1.73 bits per heavy atom. The monoisotopic (exact) mass is 354 g/mol. The minimum Gasteiger partial charge on any atom is -0.353 e. The molecule has 0 aromatic carbocycles. The molecule has 1 heterocycles. The van der Waals surface area contributed by atoms with E-state index in [1.54, 1.807) is 0 Å². The summed E-state index contributed by atoms with van der Waals surface area (Å²) in [5.74, 6) is 0.282. The van der Waals surface area contributed by atoms with E-state index in [0.717, 1.165) is 19.3 Å². The van der Waals surface area contributed by atoms with E-state index in [4.69, 9.17) is 10.9 Å². The molecule has 0 spiro atoms. The molecule has 0 aromatic rings. The zero-order chi connectivity index (χ0) is 15.5. The number of amides is 1. The highest BCUT2D eigenvalue weighted by molar-refractivity contribution is 7.86. The topological polar surface area (TPSA) is 119 Å². The summed E-state index contributed by atoms with van der Waals surface area (Å²) >= 11 is 0. The molecule has 130 valence electrons. The number of halogens is 1. The SMILES string of the molecule is Cl.NCC1CCCCC1NC(=O)C1CCN(S(N)(=O)=O)CC1. The summed E-state index contributed by atoms with van der Waals surface area (Å²) < 4.78 is 23.7. The smallest absolute Gasteiger partial charge is 0.276 e. The van der Waals surface area contributed by atoms with Gasteiger partial charge in [0.15, 0.2) is 0 Å². The van der Waals surface area contributed by atoms with E-state index in [1.165, 1.54) is 10.7 Å². The highest BCUT2D eigenvalue weighted by Crippen LogP contribution is 2.25. The van der Waals surface area contributed by atoms with Crippen molar-refractivity contribution < 1.29 is 13.2 Å². The Morgan fingerprint density at radius 3 is 2.27 bits per heavy atom. The summed E-state index contributed by atoms with van der Waals surface area (Å²) in [7, 11) is -3.63. The number of rotatable bonds is 4. The van der Waals surface area contributed by atoms with Gasteiger partial charge in [-0.25, -0.2) is 5.14 Å². The highest BCUT2D eigenvalue weighted by atomic mass is 35.5. The van der Waals surface area contributed by atoms with Crippen LogP contribution in [-0.4, -0.2) is 44.3 Å². The summed E-state index contributed by atoms with van der Waals surface area (Å²) in [6.07, 6.45) is 5.44. The van der Waals surface area contributed by atoms with Gasteiger partial charge in [0.25, 0.3) is 10.2 Å². The second-order valence-corrected chi connectivity index (χ2v) is 7.66. The van der Waals surface area contributed by atoms with Gasteiger partial charge in [0.05, 0.1) is 0 Å². The summed E-state index contributed by atoms with van der Waals surface area (Å²) in [5, 5.41) is 8.23. The Hall–Kier alpha value is -0.410. The standard InChI is InChI=1S/C13H26N4O3S.ClH/c14-9-11-3-1-2-4-12(11)16-13(18)10-5-7-17(8-6-10)21(15,19)20;/h10-12H,1-9,14H2,(H,16,18)(H2,15,19,20);1H. The van der Waals surface area contributed by atoms with Gasteiger partial charge in [-0.05, 0) is 38.1 Å². The first-order chi connectivity index (χ1) is 9.91. The van der Waals surface area contributed by atoms with Crippen LogP contribution in [0.2, 0.25) is 0 Å². The first kappa shape index (κ1) is 19.6. The lowest BCUT2D eigenvalue weighted by molar-refractivity contribution is -0.127. The quantitative estimate of drug-likeness (QED) is 0.656. The molecule has 1 amide bonds. The molecule has 0 bridgehead atoms. The van der Waals surface area contributed by atoms with Crippen molar-refractivity contribution in [1.29, 1.82) is 0 Å². The van der Waals surface area contributed by atoms with Crippen LogP contribution in [0.15, 0.2) is 0 Å². The molecule has 1 aliphatic heterocycles. The minimum atomic E-state index is -3.63. The van der Waals surface area contributed by atoms with Gasteiger partial charge in [-0.1, -0.05) is 12.8 Å². The second kappa shape index (κ2) is 8.44. The number of nitrogens with one attached hydrogen (secondary N) is 1. The summed E-state index contributed by atoms with van der Waals surface area (Å²) in [5.41, 5.74) is 5.78. The van der Waals surface area contributed by atoms with E-state index >= 15 is 0 Å². The van der Waals surface area contributed by atoms with Gasteiger partial charge in [0.1, 0.15) is 0 Å². The number of carbonyl (C=O) groups is 1. The van der Waals surface area contributed by atoms with Crippen molar-refractivity contribution in [3.05, 3.63) is 0 Å². The van der Waals surface area contributed by atoms with Gasteiger partial charge in [-0.2, -0.15) is 12.7 Å². The zero-order valence-corrected chi connectivity index (χ0v) is 14.4. The lowest BCUT2D eigenvalue weighted by Crippen LogP contribution is -2.49. The molecule has 0 aromatic heterocycles. The van der Waals surface area contributed by atoms with Crippen molar-refractivity contribution in [2.45, 2.75) is 44.6 Å². The average Bonchev–Trinajstić information content (AvgIpc) is 2.47. The van der Waals surface area contributed by atoms with Crippen molar-refractivity contribution in [1.82, 2.24) is 9.62 Å². The van der Waals surface area contributed by atoms with Gasteiger partial charge in [-0.3, -0.25) is 4.79 Å². The number of piperidine rings is 1. The van der Waals surface area contributed by atoms with Gasteiger partial charge >= 0.3 is 0 Å². The van der Waals surface area contributed by atoms with Crippen LogP contribution in [0.3, 0.4) is 0 Å². The number of carbonyl (C=O) groups excluding carboxylic acids is 1. The van der Waals surface area contributed by atoms with Gasteiger partial charge < -0.3 is 11.1 Å². The van der Waals surface area contributed by atoms with Crippen molar-refractivity contribution >= 4 is 28.5 Å². The fourth-order valence-corrected chi connectivity index (χ4v) is 4.07. The van der Waals surface area contributed by atoms with Crippen LogP contribution in [0.1, 0.15) is 38.5 Å². The Labute approximate surface area is 138 Å². The molecule has 1 aliphatic carbocycles. The molecule has 2 atom stereocenters. The maximum atomic E-state index is 12.3. The molecule has 7 nitrogen and oxygen atoms in total. The minimum absolute atomic E-state index is 0. The molecule has 2 unspecified atom stereocenters. The second-order valence-electron chi connectivity index (χ2n) is 6.11. The summed E-state index contributed by atoms with van der Waals surface area (Å²) in [6, 6.07) is 0.174. The Kier molecular flexibility index (Phi) is 7.54. The van der Waals surface area contributed by atoms with Crippen LogP contribution >= 0.6 is 12.4 Å². The number of nitrogens with zero attached hydrogens (tertiary/aromatic N) is 1. The van der Waals surface area contributed by atoms with Gasteiger partial charge in [0, 0.05) is 25.0 Å².